The highest BCUT2D eigenvalue weighted by atomic mass is 16.3. The van der Waals surface area contributed by atoms with E-state index in [1.165, 1.54) is 22.5 Å². The Morgan fingerprint density at radius 1 is 1.00 bits per heavy atom. The van der Waals surface area contributed by atoms with E-state index < -0.39 is 0 Å². The van der Waals surface area contributed by atoms with Gasteiger partial charge < -0.3 is 9.67 Å². The van der Waals surface area contributed by atoms with E-state index in [2.05, 4.69) is 32.3 Å². The van der Waals surface area contributed by atoms with E-state index in [-0.39, 0.29) is 6.61 Å². The molecular weight excluding hydrogens is 150 g/mol. The number of hydrogen-bond acceptors (Lipinski definition) is 1. The van der Waals surface area contributed by atoms with Crippen molar-refractivity contribution in [1.29, 1.82) is 0 Å². The molecule has 0 aliphatic rings. The monoisotopic (exact) mass is 167 g/mol. The molecule has 0 fully saturated rings. The van der Waals surface area contributed by atoms with Crippen molar-refractivity contribution >= 4 is 0 Å². The quantitative estimate of drug-likeness (QED) is 0.712. The fraction of sp³-hybridized carbons (Fsp3) is 0.600. The number of aliphatic hydroxyl groups is 1. The molecule has 0 bridgehead atoms. The number of aliphatic hydroxyl groups excluding tert-OH is 1. The van der Waals surface area contributed by atoms with Crippen molar-refractivity contribution in [1.82, 2.24) is 4.57 Å². The van der Waals surface area contributed by atoms with E-state index in [4.69, 9.17) is 5.11 Å². The molecule has 0 saturated heterocycles. The van der Waals surface area contributed by atoms with Crippen molar-refractivity contribution in [3.63, 3.8) is 0 Å². The van der Waals surface area contributed by atoms with E-state index >= 15 is 0 Å². The van der Waals surface area contributed by atoms with Crippen LogP contribution in [-0.2, 0) is 6.54 Å². The molecule has 0 amide bonds. The van der Waals surface area contributed by atoms with Gasteiger partial charge in [-0.05, 0) is 38.8 Å². The molecule has 1 aromatic heterocycles. The molecule has 1 heterocycles. The minimum Gasteiger partial charge on any atom is -0.395 e. The first-order valence-corrected chi connectivity index (χ1v) is 4.33. The molecule has 0 aromatic carbocycles. The van der Waals surface area contributed by atoms with Crippen LogP contribution in [0.3, 0.4) is 0 Å². The molecule has 0 unspecified atom stereocenters. The Bertz CT molecular complexity index is 261. The van der Waals surface area contributed by atoms with Gasteiger partial charge in [0.05, 0.1) is 6.61 Å². The van der Waals surface area contributed by atoms with Crippen molar-refractivity contribution < 1.29 is 5.11 Å². The average molecular weight is 167 g/mol. The van der Waals surface area contributed by atoms with Gasteiger partial charge in [-0.15, -0.1) is 0 Å². The van der Waals surface area contributed by atoms with Crippen molar-refractivity contribution in [2.45, 2.75) is 34.2 Å². The Labute approximate surface area is 73.8 Å². The zero-order valence-electron chi connectivity index (χ0n) is 8.31. The molecule has 1 aromatic rings. The van der Waals surface area contributed by atoms with Gasteiger partial charge in [0.25, 0.3) is 0 Å². The maximum absolute atomic E-state index is 8.85. The first kappa shape index (κ1) is 9.33. The Kier molecular flexibility index (Phi) is 2.58. The highest BCUT2D eigenvalue weighted by Crippen LogP contribution is 2.19. The van der Waals surface area contributed by atoms with Crippen LogP contribution in [0.5, 0.6) is 0 Å². The lowest BCUT2D eigenvalue weighted by Gasteiger charge is -2.06. The first-order valence-electron chi connectivity index (χ1n) is 4.33. The molecule has 2 nitrogen and oxygen atoms in total. The predicted molar refractivity (Wildman–Crippen MR) is 50.5 cm³/mol. The summed E-state index contributed by atoms with van der Waals surface area (Å²) in [6, 6.07) is 0. The van der Waals surface area contributed by atoms with Crippen LogP contribution in [0.25, 0.3) is 0 Å². The molecular formula is C10H17NO. The number of rotatable bonds is 2. The van der Waals surface area contributed by atoms with Crippen LogP contribution in [0.15, 0.2) is 0 Å². The van der Waals surface area contributed by atoms with Crippen molar-refractivity contribution in [2.75, 3.05) is 6.61 Å². The van der Waals surface area contributed by atoms with Crippen LogP contribution in [0, 0.1) is 27.7 Å². The third kappa shape index (κ3) is 1.27. The van der Waals surface area contributed by atoms with Crippen LogP contribution in [-0.4, -0.2) is 16.3 Å². The third-order valence-corrected chi connectivity index (χ3v) is 2.78. The van der Waals surface area contributed by atoms with Crippen LogP contribution < -0.4 is 0 Å². The average Bonchev–Trinajstić information content (AvgIpc) is 2.23. The summed E-state index contributed by atoms with van der Waals surface area (Å²) in [7, 11) is 0. The lowest BCUT2D eigenvalue weighted by atomic mass is 10.2. The van der Waals surface area contributed by atoms with Gasteiger partial charge in [-0.2, -0.15) is 0 Å². The zero-order valence-corrected chi connectivity index (χ0v) is 8.31. The smallest absolute Gasteiger partial charge is 0.0610 e. The number of nitrogens with zero attached hydrogens (tertiary/aromatic N) is 1. The number of hydrogen-bond donors (Lipinski definition) is 1. The van der Waals surface area contributed by atoms with Gasteiger partial charge >= 0.3 is 0 Å². The van der Waals surface area contributed by atoms with Gasteiger partial charge in [-0.3, -0.25) is 0 Å². The Hall–Kier alpha value is -0.760. The van der Waals surface area contributed by atoms with E-state index in [1.807, 2.05) is 0 Å². The van der Waals surface area contributed by atoms with Gasteiger partial charge in [-0.1, -0.05) is 0 Å². The van der Waals surface area contributed by atoms with Crippen LogP contribution in [0.4, 0.5) is 0 Å². The minimum absolute atomic E-state index is 0.218. The van der Waals surface area contributed by atoms with Crippen LogP contribution in [0.2, 0.25) is 0 Å². The summed E-state index contributed by atoms with van der Waals surface area (Å²) >= 11 is 0. The summed E-state index contributed by atoms with van der Waals surface area (Å²) in [4.78, 5) is 0. The lowest BCUT2D eigenvalue weighted by molar-refractivity contribution is 0.274. The van der Waals surface area contributed by atoms with Gasteiger partial charge in [0.1, 0.15) is 0 Å². The summed E-state index contributed by atoms with van der Waals surface area (Å²) in [5, 5.41) is 8.85. The topological polar surface area (TPSA) is 25.2 Å². The summed E-state index contributed by atoms with van der Waals surface area (Å²) in [5.74, 6) is 0. The fourth-order valence-corrected chi connectivity index (χ4v) is 1.63. The Balaban J connectivity index is 3.18. The molecule has 12 heavy (non-hydrogen) atoms. The minimum atomic E-state index is 0.218. The largest absolute Gasteiger partial charge is 0.395 e. The van der Waals surface area contributed by atoms with Crippen molar-refractivity contribution in [3.05, 3.63) is 22.5 Å². The van der Waals surface area contributed by atoms with Gasteiger partial charge in [-0.25, -0.2) is 0 Å². The summed E-state index contributed by atoms with van der Waals surface area (Å²) in [6.45, 7) is 9.40. The molecule has 0 aliphatic carbocycles. The van der Waals surface area contributed by atoms with E-state index in [0.29, 0.717) is 6.54 Å². The summed E-state index contributed by atoms with van der Waals surface area (Å²) in [5.41, 5.74) is 5.25. The normalized spacial score (nSPS) is 10.8. The van der Waals surface area contributed by atoms with Gasteiger partial charge in [0.15, 0.2) is 0 Å². The highest BCUT2D eigenvalue weighted by Gasteiger charge is 2.09. The van der Waals surface area contributed by atoms with E-state index in [1.54, 1.807) is 0 Å². The Morgan fingerprint density at radius 2 is 1.42 bits per heavy atom. The third-order valence-electron chi connectivity index (χ3n) is 2.78. The maximum atomic E-state index is 8.85. The highest BCUT2D eigenvalue weighted by molar-refractivity contribution is 5.35. The van der Waals surface area contributed by atoms with Crippen molar-refractivity contribution in [2.24, 2.45) is 0 Å². The fourth-order valence-electron chi connectivity index (χ4n) is 1.63. The second kappa shape index (κ2) is 3.31. The van der Waals surface area contributed by atoms with Gasteiger partial charge in [0, 0.05) is 17.9 Å². The van der Waals surface area contributed by atoms with Crippen LogP contribution >= 0.6 is 0 Å². The Morgan fingerprint density at radius 3 is 1.75 bits per heavy atom. The molecule has 0 radical (unpaired) electrons. The summed E-state index contributed by atoms with van der Waals surface area (Å²) in [6.07, 6.45) is 0. The molecule has 0 saturated carbocycles. The molecule has 0 aliphatic heterocycles. The molecule has 1 N–H and O–H groups in total. The molecule has 68 valence electrons. The second-order valence-electron chi connectivity index (χ2n) is 3.30. The van der Waals surface area contributed by atoms with Gasteiger partial charge in [0.2, 0.25) is 0 Å². The maximum Gasteiger partial charge on any atom is 0.0610 e. The lowest BCUT2D eigenvalue weighted by Crippen LogP contribution is -2.05. The van der Waals surface area contributed by atoms with E-state index in [0.717, 1.165) is 0 Å². The number of aromatic nitrogens is 1. The SMILES string of the molecule is Cc1c(C)c(C)n(CCO)c1C. The zero-order chi connectivity index (χ0) is 9.30. The van der Waals surface area contributed by atoms with E-state index in [9.17, 15) is 0 Å². The second-order valence-corrected chi connectivity index (χ2v) is 3.30. The molecule has 2 heteroatoms. The molecule has 1 rings (SSSR count). The van der Waals surface area contributed by atoms with Crippen molar-refractivity contribution in [3.8, 4) is 0 Å². The predicted octanol–water partition coefficient (Wildman–Crippen LogP) is 1.71. The first-order chi connectivity index (χ1) is 5.59. The van der Waals surface area contributed by atoms with Crippen LogP contribution in [0.1, 0.15) is 22.5 Å². The molecule has 0 atom stereocenters. The summed E-state index contributed by atoms with van der Waals surface area (Å²) < 4.78 is 2.17. The molecule has 0 spiro atoms. The standard InChI is InChI=1S/C10H17NO/c1-7-8(2)10(4)11(5-6-12)9(7)3/h12H,5-6H2,1-4H3.